The largest absolute Gasteiger partial charge is 0.356 e. The Kier molecular flexibility index (Phi) is 5.13. The highest BCUT2D eigenvalue weighted by molar-refractivity contribution is 7.07. The Balaban J connectivity index is 1.61. The molecule has 1 amide bonds. The van der Waals surface area contributed by atoms with E-state index in [0.29, 0.717) is 12.6 Å². The Hall–Kier alpha value is -1.66. The molecular weight excluding hydrogens is 308 g/mol. The van der Waals surface area contributed by atoms with Gasteiger partial charge in [-0.2, -0.15) is 16.4 Å². The summed E-state index contributed by atoms with van der Waals surface area (Å²) >= 11 is 1.74. The maximum atomic E-state index is 11.7. The molecule has 23 heavy (non-hydrogen) atoms. The second-order valence-corrected chi connectivity index (χ2v) is 7.24. The molecule has 1 aliphatic heterocycles. The number of carbonyl (C=O) groups excluding carboxylic acids is 1. The van der Waals surface area contributed by atoms with E-state index in [0.717, 1.165) is 26.1 Å². The molecule has 3 rings (SSSR count). The number of thiophene rings is 1. The van der Waals surface area contributed by atoms with Crippen LogP contribution in [0, 0.1) is 5.92 Å². The molecule has 2 aromatic heterocycles. The molecule has 0 saturated carbocycles. The number of nitrogens with one attached hydrogen (secondary N) is 1. The quantitative estimate of drug-likeness (QED) is 0.885. The lowest BCUT2D eigenvalue weighted by molar-refractivity contribution is -0.124. The van der Waals surface area contributed by atoms with Gasteiger partial charge in [0.1, 0.15) is 0 Å². The zero-order chi connectivity index (χ0) is 16.2. The van der Waals surface area contributed by atoms with Crippen molar-refractivity contribution < 1.29 is 4.79 Å². The predicted molar refractivity (Wildman–Crippen MR) is 92.2 cm³/mol. The van der Waals surface area contributed by atoms with Gasteiger partial charge in [-0.05, 0) is 34.9 Å². The maximum Gasteiger partial charge on any atom is 0.222 e. The minimum Gasteiger partial charge on any atom is -0.356 e. The lowest BCUT2D eigenvalue weighted by atomic mass is 10.1. The molecule has 1 unspecified atom stereocenters. The molecule has 0 fully saturated rings. The van der Waals surface area contributed by atoms with Crippen molar-refractivity contribution in [1.82, 2.24) is 20.0 Å². The smallest absolute Gasteiger partial charge is 0.222 e. The standard InChI is InChI=1S/C17H24N4OS/c1-13(2)17(22)18-6-3-15-10-20(9-14-5-8-23-12-14)11-16-4-7-19-21(15)16/h4-5,7-8,12-13,15H,3,6,9-11H2,1-2H3,(H,18,22). The van der Waals surface area contributed by atoms with Gasteiger partial charge in [-0.25, -0.2) is 0 Å². The zero-order valence-electron chi connectivity index (χ0n) is 13.7. The first-order valence-corrected chi connectivity index (χ1v) is 9.11. The summed E-state index contributed by atoms with van der Waals surface area (Å²) in [6, 6.07) is 4.60. The molecule has 0 saturated heterocycles. The summed E-state index contributed by atoms with van der Waals surface area (Å²) < 4.78 is 2.13. The van der Waals surface area contributed by atoms with Crippen molar-refractivity contribution >= 4 is 17.2 Å². The van der Waals surface area contributed by atoms with E-state index >= 15 is 0 Å². The number of fused-ring (bicyclic) bond motifs is 1. The van der Waals surface area contributed by atoms with Crippen LogP contribution in [0.25, 0.3) is 0 Å². The third-order valence-electron chi connectivity index (χ3n) is 4.24. The average molecular weight is 332 g/mol. The average Bonchev–Trinajstić information content (AvgIpc) is 3.18. The van der Waals surface area contributed by atoms with E-state index in [-0.39, 0.29) is 11.8 Å². The van der Waals surface area contributed by atoms with E-state index in [4.69, 9.17) is 0 Å². The minimum atomic E-state index is 0.0386. The molecule has 0 spiro atoms. The Morgan fingerprint density at radius 1 is 1.48 bits per heavy atom. The van der Waals surface area contributed by atoms with E-state index in [1.165, 1.54) is 11.3 Å². The molecule has 1 N–H and O–H groups in total. The van der Waals surface area contributed by atoms with E-state index in [9.17, 15) is 4.79 Å². The van der Waals surface area contributed by atoms with Crippen LogP contribution in [0.3, 0.4) is 0 Å². The van der Waals surface area contributed by atoms with Gasteiger partial charge in [0.25, 0.3) is 0 Å². The van der Waals surface area contributed by atoms with Gasteiger partial charge < -0.3 is 5.32 Å². The van der Waals surface area contributed by atoms with Crippen LogP contribution in [0.4, 0.5) is 0 Å². The highest BCUT2D eigenvalue weighted by Crippen LogP contribution is 2.24. The molecule has 0 radical (unpaired) electrons. The van der Waals surface area contributed by atoms with Crippen LogP contribution in [-0.2, 0) is 17.9 Å². The van der Waals surface area contributed by atoms with Crippen molar-refractivity contribution in [2.24, 2.45) is 5.92 Å². The first kappa shape index (κ1) is 16.2. The summed E-state index contributed by atoms with van der Waals surface area (Å²) in [6.45, 7) is 7.43. The first-order valence-electron chi connectivity index (χ1n) is 8.17. The van der Waals surface area contributed by atoms with Crippen molar-refractivity contribution in [3.8, 4) is 0 Å². The van der Waals surface area contributed by atoms with Crippen molar-refractivity contribution in [3.63, 3.8) is 0 Å². The summed E-state index contributed by atoms with van der Waals surface area (Å²) in [4.78, 5) is 14.2. The maximum absolute atomic E-state index is 11.7. The van der Waals surface area contributed by atoms with Crippen molar-refractivity contribution in [3.05, 3.63) is 40.3 Å². The fourth-order valence-electron chi connectivity index (χ4n) is 3.01. The molecule has 2 aromatic rings. The van der Waals surface area contributed by atoms with E-state index < -0.39 is 0 Å². The molecule has 0 bridgehead atoms. The van der Waals surface area contributed by atoms with Crippen LogP contribution in [-0.4, -0.2) is 33.7 Å². The van der Waals surface area contributed by atoms with Gasteiger partial charge in [0, 0.05) is 38.3 Å². The summed E-state index contributed by atoms with van der Waals surface area (Å²) in [5.41, 5.74) is 2.63. The second-order valence-electron chi connectivity index (χ2n) is 6.46. The van der Waals surface area contributed by atoms with Gasteiger partial charge in [0.05, 0.1) is 11.7 Å². The minimum absolute atomic E-state index is 0.0386. The van der Waals surface area contributed by atoms with Gasteiger partial charge >= 0.3 is 0 Å². The van der Waals surface area contributed by atoms with Crippen LogP contribution in [0.15, 0.2) is 29.1 Å². The summed E-state index contributed by atoms with van der Waals surface area (Å²) in [6.07, 6.45) is 2.79. The van der Waals surface area contributed by atoms with Crippen LogP contribution in [0.1, 0.15) is 37.6 Å². The molecule has 0 aliphatic carbocycles. The number of aromatic nitrogens is 2. The molecule has 124 valence electrons. The van der Waals surface area contributed by atoms with Crippen molar-refractivity contribution in [2.75, 3.05) is 13.1 Å². The normalized spacial score (nSPS) is 18.1. The predicted octanol–water partition coefficient (Wildman–Crippen LogP) is 2.66. The second kappa shape index (κ2) is 7.27. The number of amides is 1. The van der Waals surface area contributed by atoms with Crippen molar-refractivity contribution in [1.29, 1.82) is 0 Å². The Bertz CT molecular complexity index is 635. The molecule has 3 heterocycles. The number of nitrogens with zero attached hydrogens (tertiary/aromatic N) is 3. The zero-order valence-corrected chi connectivity index (χ0v) is 14.6. The van der Waals surface area contributed by atoms with Crippen LogP contribution < -0.4 is 5.32 Å². The van der Waals surface area contributed by atoms with Gasteiger partial charge in [0.15, 0.2) is 0 Å². The Morgan fingerprint density at radius 2 is 2.35 bits per heavy atom. The molecular formula is C17H24N4OS. The Morgan fingerprint density at radius 3 is 3.09 bits per heavy atom. The molecule has 5 nitrogen and oxygen atoms in total. The summed E-state index contributed by atoms with van der Waals surface area (Å²) in [7, 11) is 0. The fraction of sp³-hybridized carbons (Fsp3) is 0.529. The van der Waals surface area contributed by atoms with E-state index in [1.807, 2.05) is 20.0 Å². The third kappa shape index (κ3) is 4.00. The molecule has 1 aliphatic rings. The van der Waals surface area contributed by atoms with Crippen LogP contribution >= 0.6 is 11.3 Å². The van der Waals surface area contributed by atoms with Gasteiger partial charge in [-0.15, -0.1) is 0 Å². The number of rotatable bonds is 6. The summed E-state index contributed by atoms with van der Waals surface area (Å²) in [5.74, 6) is 0.160. The molecule has 6 heteroatoms. The third-order valence-corrected chi connectivity index (χ3v) is 4.97. The molecule has 1 atom stereocenters. The highest BCUT2D eigenvalue weighted by atomic mass is 32.1. The topological polar surface area (TPSA) is 50.2 Å². The summed E-state index contributed by atoms with van der Waals surface area (Å²) in [5, 5.41) is 11.8. The van der Waals surface area contributed by atoms with Gasteiger partial charge in [0.2, 0.25) is 5.91 Å². The van der Waals surface area contributed by atoms with Crippen molar-refractivity contribution in [2.45, 2.75) is 39.4 Å². The van der Waals surface area contributed by atoms with Gasteiger partial charge in [-0.3, -0.25) is 14.4 Å². The van der Waals surface area contributed by atoms with E-state index in [2.05, 4.69) is 42.9 Å². The number of hydrogen-bond acceptors (Lipinski definition) is 4. The highest BCUT2D eigenvalue weighted by Gasteiger charge is 2.25. The SMILES string of the molecule is CC(C)C(=O)NCCC1CN(Cc2ccsc2)Cc2ccnn21. The fourth-order valence-corrected chi connectivity index (χ4v) is 3.67. The van der Waals surface area contributed by atoms with Gasteiger partial charge in [-0.1, -0.05) is 13.8 Å². The van der Waals surface area contributed by atoms with Crippen LogP contribution in [0.2, 0.25) is 0 Å². The first-order chi connectivity index (χ1) is 11.1. The monoisotopic (exact) mass is 332 g/mol. The lowest BCUT2D eigenvalue weighted by Crippen LogP contribution is -2.39. The van der Waals surface area contributed by atoms with Crippen LogP contribution in [0.5, 0.6) is 0 Å². The molecule has 0 aromatic carbocycles. The number of hydrogen-bond donors (Lipinski definition) is 1. The number of carbonyl (C=O) groups is 1. The van der Waals surface area contributed by atoms with E-state index in [1.54, 1.807) is 11.3 Å². The Labute approximate surface area is 141 Å². The lowest BCUT2D eigenvalue weighted by Gasteiger charge is -2.34.